The van der Waals surface area contributed by atoms with Crippen LogP contribution in [0.1, 0.15) is 61.9 Å². The number of halogens is 3. The first-order valence-corrected chi connectivity index (χ1v) is 12.9. The number of hydrogen-bond donors (Lipinski definition) is 0. The molecule has 0 aromatic heterocycles. The monoisotopic (exact) mass is 489 g/mol. The van der Waals surface area contributed by atoms with E-state index in [1.807, 2.05) is 13.8 Å². The van der Waals surface area contributed by atoms with Crippen molar-refractivity contribution in [2.45, 2.75) is 57.7 Å². The predicted molar refractivity (Wildman–Crippen MR) is 112 cm³/mol. The van der Waals surface area contributed by atoms with Crippen LogP contribution in [0.15, 0.2) is 18.2 Å². The van der Waals surface area contributed by atoms with Gasteiger partial charge in [-0.15, -0.1) is 0 Å². The number of carbonyl (C=O) groups excluding carboxylic acids is 1. The molecule has 3 saturated carbocycles. The minimum Gasteiger partial charge on any atom is -0.748 e. The molecule has 33 heavy (non-hydrogen) atoms. The van der Waals surface area contributed by atoms with Gasteiger partial charge in [0.25, 0.3) is 0 Å². The zero-order chi connectivity index (χ0) is 24.2. The largest absolute Gasteiger partial charge is 0.748 e. The zero-order valence-electron chi connectivity index (χ0n) is 18.6. The van der Waals surface area contributed by atoms with E-state index in [4.69, 9.17) is 9.47 Å². The SMILES string of the molecule is CC(C)C1(Oc2cc(C(=O)OCCS(=O)(=O)[O-])ccc2C(F)(F)F)CC2CC1C1CCCC21. The summed E-state index contributed by atoms with van der Waals surface area (Å²) in [5.41, 5.74) is -1.90. The third-order valence-electron chi connectivity index (χ3n) is 7.88. The molecule has 0 radical (unpaired) electrons. The molecule has 0 amide bonds. The lowest BCUT2D eigenvalue weighted by Gasteiger charge is -2.46. The summed E-state index contributed by atoms with van der Waals surface area (Å²) in [6.45, 7) is 3.27. The van der Waals surface area contributed by atoms with Crippen molar-refractivity contribution in [3.63, 3.8) is 0 Å². The second-order valence-corrected chi connectivity index (χ2v) is 11.4. The van der Waals surface area contributed by atoms with Crippen LogP contribution in [0, 0.1) is 29.6 Å². The van der Waals surface area contributed by atoms with E-state index in [1.165, 1.54) is 6.42 Å². The molecule has 5 unspecified atom stereocenters. The fraction of sp³-hybridized carbons (Fsp3) is 0.696. The molecule has 0 heterocycles. The molecule has 0 aliphatic heterocycles. The van der Waals surface area contributed by atoms with Gasteiger partial charge in [0.05, 0.1) is 27.0 Å². The molecule has 4 rings (SSSR count). The van der Waals surface area contributed by atoms with Crippen LogP contribution in [-0.2, 0) is 21.0 Å². The first-order valence-electron chi connectivity index (χ1n) is 11.3. The highest BCUT2D eigenvalue weighted by atomic mass is 32.2. The van der Waals surface area contributed by atoms with Crippen molar-refractivity contribution in [3.05, 3.63) is 29.3 Å². The van der Waals surface area contributed by atoms with E-state index >= 15 is 0 Å². The molecular formula is C23H28F3O6S-. The topological polar surface area (TPSA) is 92.7 Å². The molecule has 3 aliphatic carbocycles. The molecule has 0 saturated heterocycles. The first kappa shape index (κ1) is 24.3. The second-order valence-electron chi connectivity index (χ2n) is 9.88. The fourth-order valence-corrected chi connectivity index (χ4v) is 6.81. The molecule has 3 aliphatic rings. The van der Waals surface area contributed by atoms with E-state index < -0.39 is 51.5 Å². The van der Waals surface area contributed by atoms with Crippen LogP contribution in [0.25, 0.3) is 0 Å². The molecule has 184 valence electrons. The maximum Gasteiger partial charge on any atom is 0.419 e. The Morgan fingerprint density at radius 2 is 1.94 bits per heavy atom. The van der Waals surface area contributed by atoms with Gasteiger partial charge in [-0.1, -0.05) is 20.3 Å². The Morgan fingerprint density at radius 1 is 1.24 bits per heavy atom. The summed E-state index contributed by atoms with van der Waals surface area (Å²) in [6, 6.07) is 2.79. The third-order valence-corrected chi connectivity index (χ3v) is 8.55. The van der Waals surface area contributed by atoms with Gasteiger partial charge in [0.2, 0.25) is 0 Å². The Bertz CT molecular complexity index is 1020. The number of alkyl halides is 3. The van der Waals surface area contributed by atoms with Gasteiger partial charge in [-0.3, -0.25) is 0 Å². The molecule has 6 nitrogen and oxygen atoms in total. The van der Waals surface area contributed by atoms with Crippen molar-refractivity contribution in [3.8, 4) is 5.75 Å². The Labute approximate surface area is 191 Å². The minimum absolute atomic E-state index is 0.0204. The molecule has 1 aromatic carbocycles. The number of esters is 1. The number of hydrogen-bond acceptors (Lipinski definition) is 6. The lowest BCUT2D eigenvalue weighted by molar-refractivity contribution is -0.142. The average molecular weight is 490 g/mol. The minimum atomic E-state index is -4.68. The lowest BCUT2D eigenvalue weighted by atomic mass is 9.68. The summed E-state index contributed by atoms with van der Waals surface area (Å²) in [6.07, 6.45) is 0.369. The maximum atomic E-state index is 13.8. The third kappa shape index (κ3) is 4.60. The van der Waals surface area contributed by atoms with Crippen LogP contribution in [0.2, 0.25) is 0 Å². The molecule has 0 N–H and O–H groups in total. The summed E-state index contributed by atoms with van der Waals surface area (Å²) >= 11 is 0. The van der Waals surface area contributed by atoms with Gasteiger partial charge in [0, 0.05) is 5.92 Å². The number of benzene rings is 1. The highest BCUT2D eigenvalue weighted by molar-refractivity contribution is 7.85. The van der Waals surface area contributed by atoms with Crippen molar-refractivity contribution < 1.29 is 40.4 Å². The standard InChI is InChI=1S/C23H29F3O6S/c1-13(2)22(12-15-10-19(22)17-5-3-4-16(15)17)32-20-11-14(6-7-18(20)23(24,25)26)21(27)31-8-9-33(28,29)30/h6-7,11,13,15-17,19H,3-5,8-10,12H2,1-2H3,(H,28,29,30)/p-1. The Morgan fingerprint density at radius 3 is 2.58 bits per heavy atom. The van der Waals surface area contributed by atoms with Crippen molar-refractivity contribution in [2.24, 2.45) is 29.6 Å². The first-order chi connectivity index (χ1) is 15.3. The number of carbonyl (C=O) groups is 1. The lowest BCUT2D eigenvalue weighted by Crippen LogP contribution is -2.50. The zero-order valence-corrected chi connectivity index (χ0v) is 19.4. The van der Waals surface area contributed by atoms with Crippen molar-refractivity contribution >= 4 is 16.1 Å². The van der Waals surface area contributed by atoms with E-state index in [9.17, 15) is 30.9 Å². The summed E-state index contributed by atoms with van der Waals surface area (Å²) in [5, 5.41) is 0. The quantitative estimate of drug-likeness (QED) is 0.409. The van der Waals surface area contributed by atoms with Crippen LogP contribution in [0.5, 0.6) is 5.75 Å². The van der Waals surface area contributed by atoms with E-state index in [0.717, 1.165) is 37.5 Å². The van der Waals surface area contributed by atoms with Crippen molar-refractivity contribution in [2.75, 3.05) is 12.4 Å². The van der Waals surface area contributed by atoms with E-state index in [2.05, 4.69) is 0 Å². The van der Waals surface area contributed by atoms with Crippen LogP contribution in [0.4, 0.5) is 13.2 Å². The Kier molecular flexibility index (Phi) is 6.22. The molecular weight excluding hydrogens is 461 g/mol. The van der Waals surface area contributed by atoms with Gasteiger partial charge >= 0.3 is 12.1 Å². The normalized spacial score (nSPS) is 31.1. The highest BCUT2D eigenvalue weighted by Gasteiger charge is 2.63. The molecule has 3 fully saturated rings. The number of fused-ring (bicyclic) bond motifs is 5. The number of rotatable bonds is 7. The molecule has 5 atom stereocenters. The smallest absolute Gasteiger partial charge is 0.419 e. The molecule has 2 bridgehead atoms. The van der Waals surface area contributed by atoms with E-state index in [-0.39, 0.29) is 17.4 Å². The van der Waals surface area contributed by atoms with Gasteiger partial charge in [-0.05, 0) is 67.6 Å². The summed E-state index contributed by atoms with van der Waals surface area (Å²) < 4.78 is 84.6. The van der Waals surface area contributed by atoms with Crippen molar-refractivity contribution in [1.29, 1.82) is 0 Å². The second kappa shape index (κ2) is 8.45. The van der Waals surface area contributed by atoms with Gasteiger partial charge in [-0.2, -0.15) is 13.2 Å². The predicted octanol–water partition coefficient (Wildman–Crippen LogP) is 4.64. The van der Waals surface area contributed by atoms with Gasteiger partial charge in [0.15, 0.2) is 0 Å². The van der Waals surface area contributed by atoms with Crippen LogP contribution < -0.4 is 4.74 Å². The Hall–Kier alpha value is -1.81. The van der Waals surface area contributed by atoms with Gasteiger partial charge in [0.1, 0.15) is 18.0 Å². The van der Waals surface area contributed by atoms with Gasteiger partial charge in [-0.25, -0.2) is 13.2 Å². The fourth-order valence-electron chi connectivity index (χ4n) is 6.53. The van der Waals surface area contributed by atoms with E-state index in [1.54, 1.807) is 0 Å². The summed E-state index contributed by atoms with van der Waals surface area (Å²) in [7, 11) is -4.58. The Balaban J connectivity index is 1.64. The van der Waals surface area contributed by atoms with E-state index in [0.29, 0.717) is 24.2 Å². The number of ether oxygens (including phenoxy) is 2. The molecule has 0 spiro atoms. The average Bonchev–Trinajstić information content (AvgIpc) is 3.38. The molecule has 1 aromatic rings. The van der Waals surface area contributed by atoms with Crippen LogP contribution in [-0.4, -0.2) is 36.9 Å². The summed E-state index contributed by atoms with van der Waals surface area (Å²) in [4.78, 5) is 12.3. The van der Waals surface area contributed by atoms with Crippen LogP contribution in [0.3, 0.4) is 0 Å². The van der Waals surface area contributed by atoms with Gasteiger partial charge < -0.3 is 14.0 Å². The highest BCUT2D eigenvalue weighted by Crippen LogP contribution is 2.65. The van der Waals surface area contributed by atoms with Crippen molar-refractivity contribution in [1.82, 2.24) is 0 Å². The van der Waals surface area contributed by atoms with Crippen LogP contribution >= 0.6 is 0 Å². The maximum absolute atomic E-state index is 13.8. The molecule has 10 heteroatoms. The summed E-state index contributed by atoms with van der Waals surface area (Å²) in [5.74, 6) is -0.647.